The van der Waals surface area contributed by atoms with E-state index in [1.807, 2.05) is 0 Å². The first-order valence-electron chi connectivity index (χ1n) is 12.5. The number of esters is 1. The quantitative estimate of drug-likeness (QED) is 0.257. The van der Waals surface area contributed by atoms with Crippen molar-refractivity contribution < 1.29 is 14.4 Å². The fraction of sp³-hybridized carbons (Fsp3) is 0.516. The first kappa shape index (κ1) is 27.2. The monoisotopic (exact) mass is 477 g/mol. The van der Waals surface area contributed by atoms with Crippen molar-refractivity contribution in [1.82, 2.24) is 5.06 Å². The molecule has 0 N–H and O–H groups in total. The molecule has 4 heteroatoms. The Kier molecular flexibility index (Phi) is 6.91. The molecule has 0 saturated heterocycles. The number of hydroxylamine groups is 2. The molecule has 0 bridgehead atoms. The van der Waals surface area contributed by atoms with E-state index >= 15 is 0 Å². The Balaban J connectivity index is 2.11. The molecule has 0 aromatic heterocycles. The molecule has 2 aromatic rings. The molecule has 4 nitrogen and oxygen atoms in total. The number of hydrogen-bond donors (Lipinski definition) is 0. The predicted molar refractivity (Wildman–Crippen MR) is 145 cm³/mol. The van der Waals surface area contributed by atoms with Crippen LogP contribution in [0.4, 0.5) is 0 Å². The molecule has 35 heavy (non-hydrogen) atoms. The number of benzene rings is 2. The second-order valence-electron chi connectivity index (χ2n) is 12.8. The molecule has 0 amide bonds. The Morgan fingerprint density at radius 1 is 0.800 bits per heavy atom. The van der Waals surface area contributed by atoms with Crippen LogP contribution in [0.3, 0.4) is 0 Å². The van der Waals surface area contributed by atoms with Gasteiger partial charge in [-0.25, -0.2) is 0 Å². The van der Waals surface area contributed by atoms with Gasteiger partial charge in [0.2, 0.25) is 0 Å². The molecule has 0 fully saturated rings. The Bertz CT molecular complexity index is 1120. The van der Waals surface area contributed by atoms with Crippen molar-refractivity contribution in [3.8, 4) is 5.75 Å². The largest absolute Gasteiger partial charge is 0.426 e. The van der Waals surface area contributed by atoms with Gasteiger partial charge in [0.15, 0.2) is 0 Å². The van der Waals surface area contributed by atoms with Gasteiger partial charge < -0.3 is 9.57 Å². The highest BCUT2D eigenvalue weighted by Gasteiger charge is 2.49. The van der Waals surface area contributed by atoms with Gasteiger partial charge in [-0.2, -0.15) is 5.06 Å². The molecule has 3 rings (SSSR count). The van der Waals surface area contributed by atoms with Gasteiger partial charge in [-0.15, -0.1) is 0 Å². The van der Waals surface area contributed by atoms with Gasteiger partial charge >= 0.3 is 5.97 Å². The summed E-state index contributed by atoms with van der Waals surface area (Å²) >= 11 is 0. The normalized spacial score (nSPS) is 17.6. The molecule has 0 saturated carbocycles. The summed E-state index contributed by atoms with van der Waals surface area (Å²) in [5.74, 6) is 0.397. The number of fused-ring (bicyclic) bond motifs is 1. The summed E-state index contributed by atoms with van der Waals surface area (Å²) in [6.07, 6.45) is 4.32. The Morgan fingerprint density at radius 3 is 1.74 bits per heavy atom. The van der Waals surface area contributed by atoms with E-state index in [4.69, 9.17) is 9.57 Å². The van der Waals surface area contributed by atoms with Gasteiger partial charge in [0.1, 0.15) is 5.75 Å². The number of rotatable bonds is 4. The summed E-state index contributed by atoms with van der Waals surface area (Å²) < 4.78 is 5.78. The Morgan fingerprint density at radius 2 is 1.29 bits per heavy atom. The lowest BCUT2D eigenvalue weighted by atomic mass is 9.78. The summed E-state index contributed by atoms with van der Waals surface area (Å²) in [6.45, 7) is 23.2. The van der Waals surface area contributed by atoms with Crippen molar-refractivity contribution in [2.75, 3.05) is 7.11 Å². The molecule has 0 aliphatic carbocycles. The second-order valence-corrected chi connectivity index (χ2v) is 12.8. The van der Waals surface area contributed by atoms with Crippen LogP contribution in [0.15, 0.2) is 30.3 Å². The van der Waals surface area contributed by atoms with Crippen LogP contribution >= 0.6 is 0 Å². The van der Waals surface area contributed by atoms with E-state index in [1.54, 1.807) is 7.11 Å². The highest BCUT2D eigenvalue weighted by atomic mass is 16.7. The molecule has 2 aromatic carbocycles. The summed E-state index contributed by atoms with van der Waals surface area (Å²) in [4.78, 5) is 17.8. The smallest absolute Gasteiger partial charge is 0.308 e. The number of carbonyl (C=O) groups is 1. The molecule has 0 spiro atoms. The summed E-state index contributed by atoms with van der Waals surface area (Å²) in [6, 6.07) is 11.0. The fourth-order valence-electron chi connectivity index (χ4n) is 5.39. The molecule has 1 aliphatic rings. The van der Waals surface area contributed by atoms with Crippen molar-refractivity contribution in [3.63, 3.8) is 0 Å². The zero-order chi connectivity index (χ0) is 26.6. The van der Waals surface area contributed by atoms with Crippen LogP contribution in [0.5, 0.6) is 5.75 Å². The minimum atomic E-state index is -0.293. The first-order chi connectivity index (χ1) is 15.9. The van der Waals surface area contributed by atoms with Crippen LogP contribution in [-0.4, -0.2) is 18.1 Å². The van der Waals surface area contributed by atoms with E-state index in [0.29, 0.717) is 5.75 Å². The van der Waals surface area contributed by atoms with E-state index in [9.17, 15) is 4.79 Å². The second kappa shape index (κ2) is 8.90. The average Bonchev–Trinajstić information content (AvgIpc) is 2.85. The van der Waals surface area contributed by atoms with Gasteiger partial charge in [0.05, 0.1) is 18.2 Å². The summed E-state index contributed by atoms with van der Waals surface area (Å²) in [5, 5.41) is 2.08. The maximum absolute atomic E-state index is 12.0. The van der Waals surface area contributed by atoms with E-state index in [-0.39, 0.29) is 27.9 Å². The SMILES string of the molecule is CON1C(C)(C)c2ccc(C=Cc3cc(C(C)(C)C)c(OC(C)=O)c(C(C)(C)C)c3)cc2C1(C)C. The van der Waals surface area contributed by atoms with Crippen LogP contribution < -0.4 is 4.74 Å². The Labute approximate surface area is 212 Å². The summed E-state index contributed by atoms with van der Waals surface area (Å²) in [5.41, 5.74) is 6.08. The third-order valence-corrected chi connectivity index (χ3v) is 7.00. The maximum atomic E-state index is 12.0. The van der Waals surface area contributed by atoms with E-state index in [0.717, 1.165) is 22.3 Å². The molecule has 1 heterocycles. The molecule has 0 radical (unpaired) electrons. The van der Waals surface area contributed by atoms with Crippen molar-refractivity contribution in [2.45, 2.75) is 98.1 Å². The lowest BCUT2D eigenvalue weighted by Gasteiger charge is -2.38. The molecular formula is C31H43NO3. The number of nitrogens with zero attached hydrogens (tertiary/aromatic N) is 1. The highest BCUT2D eigenvalue weighted by Crippen LogP contribution is 2.49. The third kappa shape index (κ3) is 5.10. The molecule has 0 atom stereocenters. The van der Waals surface area contributed by atoms with Crippen LogP contribution in [0.2, 0.25) is 0 Å². The zero-order valence-corrected chi connectivity index (χ0v) is 23.7. The lowest BCUT2D eigenvalue weighted by Crippen LogP contribution is -2.44. The van der Waals surface area contributed by atoms with Gasteiger partial charge in [-0.3, -0.25) is 4.79 Å². The molecule has 1 aliphatic heterocycles. The molecule has 0 unspecified atom stereocenters. The average molecular weight is 478 g/mol. The highest BCUT2D eigenvalue weighted by molar-refractivity contribution is 5.75. The minimum Gasteiger partial charge on any atom is -0.426 e. The van der Waals surface area contributed by atoms with Crippen LogP contribution in [-0.2, 0) is 31.5 Å². The van der Waals surface area contributed by atoms with Crippen molar-refractivity contribution in [2.24, 2.45) is 0 Å². The van der Waals surface area contributed by atoms with Crippen LogP contribution in [0, 0.1) is 0 Å². The van der Waals surface area contributed by atoms with E-state index < -0.39 is 0 Å². The zero-order valence-electron chi connectivity index (χ0n) is 23.7. The van der Waals surface area contributed by atoms with Crippen molar-refractivity contribution in [1.29, 1.82) is 0 Å². The van der Waals surface area contributed by atoms with Gasteiger partial charge in [-0.05, 0) is 79.0 Å². The Hall–Kier alpha value is -2.43. The van der Waals surface area contributed by atoms with Gasteiger partial charge in [0, 0.05) is 18.1 Å². The minimum absolute atomic E-state index is 0.179. The predicted octanol–water partition coefficient (Wildman–Crippen LogP) is 7.72. The molecule has 190 valence electrons. The summed E-state index contributed by atoms with van der Waals surface area (Å²) in [7, 11) is 1.75. The van der Waals surface area contributed by atoms with Gasteiger partial charge in [0.25, 0.3) is 0 Å². The number of carbonyl (C=O) groups excluding carboxylic acids is 1. The van der Waals surface area contributed by atoms with Crippen LogP contribution in [0.25, 0.3) is 12.2 Å². The first-order valence-corrected chi connectivity index (χ1v) is 12.5. The van der Waals surface area contributed by atoms with E-state index in [1.165, 1.54) is 18.1 Å². The standard InChI is InChI=1S/C31H43NO3/c1-20(33)35-27-25(28(2,3)4)18-22(19-26(27)29(5,6)7)14-13-21-15-16-23-24(17-21)31(10,11)32(34-12)30(23,8)9/h13-19H,1-12H3. The topological polar surface area (TPSA) is 38.8 Å². The van der Waals surface area contributed by atoms with Crippen molar-refractivity contribution in [3.05, 3.63) is 63.7 Å². The number of ether oxygens (including phenoxy) is 1. The van der Waals surface area contributed by atoms with Crippen molar-refractivity contribution >= 4 is 18.1 Å². The van der Waals surface area contributed by atoms with E-state index in [2.05, 4.69) is 117 Å². The van der Waals surface area contributed by atoms with Gasteiger partial charge in [-0.1, -0.05) is 65.8 Å². The lowest BCUT2D eigenvalue weighted by molar-refractivity contribution is -0.241. The molecular weight excluding hydrogens is 434 g/mol. The maximum Gasteiger partial charge on any atom is 0.308 e. The fourth-order valence-corrected chi connectivity index (χ4v) is 5.39. The van der Waals surface area contributed by atoms with Crippen LogP contribution in [0.1, 0.15) is 110 Å². The number of hydrogen-bond acceptors (Lipinski definition) is 4. The third-order valence-electron chi connectivity index (χ3n) is 7.00.